The Morgan fingerprint density at radius 2 is 1.70 bits per heavy atom. The van der Waals surface area contributed by atoms with Gasteiger partial charge in [0.05, 0.1) is 10.6 Å². The first-order valence-electron chi connectivity index (χ1n) is 9.51. The normalized spacial score (nSPS) is 19.6. The molecule has 2 heterocycles. The summed E-state index contributed by atoms with van der Waals surface area (Å²) in [6.45, 7) is 2.05. The minimum absolute atomic E-state index is 0.0592. The van der Waals surface area contributed by atoms with Gasteiger partial charge in [0.2, 0.25) is 0 Å². The molecule has 0 N–H and O–H groups in total. The van der Waals surface area contributed by atoms with Gasteiger partial charge in [-0.15, -0.1) is 0 Å². The van der Waals surface area contributed by atoms with Gasteiger partial charge in [0.25, 0.3) is 5.69 Å². The highest BCUT2D eigenvalue weighted by molar-refractivity contribution is 8.01. The Balaban J connectivity index is 1.70. The van der Waals surface area contributed by atoms with Crippen LogP contribution in [0, 0.1) is 17.0 Å². The van der Waals surface area contributed by atoms with Crippen LogP contribution in [0.2, 0.25) is 0 Å². The third kappa shape index (κ3) is 2.81. The van der Waals surface area contributed by atoms with E-state index in [2.05, 4.69) is 17.0 Å². The van der Waals surface area contributed by atoms with Crippen molar-refractivity contribution in [2.24, 2.45) is 9.98 Å². The molecule has 1 atom stereocenters. The summed E-state index contributed by atoms with van der Waals surface area (Å²) in [7, 11) is 1.99. The highest BCUT2D eigenvalue weighted by Crippen LogP contribution is 2.54. The van der Waals surface area contributed by atoms with E-state index in [4.69, 9.17) is 9.98 Å². The second-order valence-electron chi connectivity index (χ2n) is 7.31. The molecule has 3 aromatic carbocycles. The summed E-state index contributed by atoms with van der Waals surface area (Å²) < 4.78 is 0. The first-order valence-corrected chi connectivity index (χ1v) is 10.3. The van der Waals surface area contributed by atoms with Gasteiger partial charge < -0.3 is 4.90 Å². The van der Waals surface area contributed by atoms with Crippen LogP contribution in [0.1, 0.15) is 16.7 Å². The summed E-state index contributed by atoms with van der Waals surface area (Å²) in [5.74, 6) is 1.46. The molecule has 0 aliphatic carbocycles. The number of nitro groups is 1. The molecule has 6 nitrogen and oxygen atoms in total. The lowest BCUT2D eigenvalue weighted by molar-refractivity contribution is -0.384. The highest BCUT2D eigenvalue weighted by atomic mass is 32.2. The predicted octanol–water partition coefficient (Wildman–Crippen LogP) is 5.16. The summed E-state index contributed by atoms with van der Waals surface area (Å²) in [5.41, 5.74) is 4.11. The number of nitro benzene ring substituents is 1. The molecule has 2 aliphatic rings. The number of thioether (sulfide) groups is 1. The number of rotatable bonds is 3. The van der Waals surface area contributed by atoms with E-state index in [9.17, 15) is 10.1 Å². The van der Waals surface area contributed by atoms with Gasteiger partial charge in [-0.3, -0.25) is 10.1 Å². The zero-order valence-electron chi connectivity index (χ0n) is 16.4. The molecule has 0 spiro atoms. The number of anilines is 1. The molecular formula is C23H18N4O2S. The second kappa shape index (κ2) is 6.81. The largest absolute Gasteiger partial charge is 0.329 e. The number of amidine groups is 2. The Kier molecular flexibility index (Phi) is 4.22. The maximum absolute atomic E-state index is 11.1. The molecule has 30 heavy (non-hydrogen) atoms. The van der Waals surface area contributed by atoms with Crippen LogP contribution in [0.15, 0.2) is 87.7 Å². The number of fused-ring (bicyclic) bond motifs is 2. The monoisotopic (exact) mass is 414 g/mol. The SMILES string of the molecule is Cc1ccc(C2=NC3(c4ccc([N+](=O)[O-])cc4)Sc4ccccc4N(C)C3=N2)cc1. The number of hydrogen-bond donors (Lipinski definition) is 0. The molecule has 0 radical (unpaired) electrons. The number of likely N-dealkylation sites (N-methyl/N-ethyl adjacent to an activating group) is 1. The number of benzene rings is 3. The van der Waals surface area contributed by atoms with Crippen LogP contribution in [0.4, 0.5) is 11.4 Å². The summed E-state index contributed by atoms with van der Waals surface area (Å²) >= 11 is 1.62. The molecule has 5 rings (SSSR count). The quantitative estimate of drug-likeness (QED) is 0.439. The summed E-state index contributed by atoms with van der Waals surface area (Å²) in [4.78, 5) is 23.1. The van der Waals surface area contributed by atoms with Gasteiger partial charge in [0.1, 0.15) is 0 Å². The lowest BCUT2D eigenvalue weighted by Crippen LogP contribution is -2.43. The molecule has 148 valence electrons. The molecule has 0 amide bonds. The van der Waals surface area contributed by atoms with Crippen molar-refractivity contribution in [1.82, 2.24) is 0 Å². The number of nitrogens with zero attached hydrogens (tertiary/aromatic N) is 4. The van der Waals surface area contributed by atoms with Crippen molar-refractivity contribution in [2.75, 3.05) is 11.9 Å². The smallest absolute Gasteiger partial charge is 0.269 e. The number of aliphatic imine (C=N–C) groups is 2. The van der Waals surface area contributed by atoms with E-state index >= 15 is 0 Å². The Labute approximate surface area is 178 Å². The number of non-ortho nitro benzene ring substituents is 1. The van der Waals surface area contributed by atoms with Crippen molar-refractivity contribution in [2.45, 2.75) is 16.7 Å². The molecule has 0 saturated heterocycles. The van der Waals surface area contributed by atoms with Crippen LogP contribution in [0.25, 0.3) is 0 Å². The van der Waals surface area contributed by atoms with Crippen LogP contribution >= 0.6 is 11.8 Å². The van der Waals surface area contributed by atoms with E-state index in [-0.39, 0.29) is 10.6 Å². The Morgan fingerprint density at radius 1 is 1.00 bits per heavy atom. The topological polar surface area (TPSA) is 71.1 Å². The van der Waals surface area contributed by atoms with Crippen LogP contribution in [-0.2, 0) is 4.87 Å². The van der Waals surface area contributed by atoms with Crippen molar-refractivity contribution < 1.29 is 4.92 Å². The summed E-state index contributed by atoms with van der Waals surface area (Å²) in [6.07, 6.45) is 0. The van der Waals surface area contributed by atoms with Gasteiger partial charge in [-0.05, 0) is 36.8 Å². The van der Waals surface area contributed by atoms with Gasteiger partial charge in [-0.1, -0.05) is 53.7 Å². The van der Waals surface area contributed by atoms with Gasteiger partial charge in [0.15, 0.2) is 16.5 Å². The number of aryl methyl sites for hydroxylation is 1. The Bertz CT molecular complexity index is 1220. The third-order valence-corrected chi connectivity index (χ3v) is 6.73. The van der Waals surface area contributed by atoms with E-state index in [1.807, 2.05) is 50.4 Å². The third-order valence-electron chi connectivity index (χ3n) is 5.36. The van der Waals surface area contributed by atoms with Crippen LogP contribution < -0.4 is 4.90 Å². The number of hydrogen-bond acceptors (Lipinski definition) is 6. The zero-order valence-corrected chi connectivity index (χ0v) is 17.3. The molecule has 0 fully saturated rings. The fourth-order valence-corrected chi connectivity index (χ4v) is 5.19. The fraction of sp³-hybridized carbons (Fsp3) is 0.130. The van der Waals surface area contributed by atoms with E-state index in [1.165, 1.54) is 17.7 Å². The van der Waals surface area contributed by atoms with Crippen molar-refractivity contribution in [3.63, 3.8) is 0 Å². The van der Waals surface area contributed by atoms with E-state index in [0.717, 1.165) is 27.5 Å². The van der Waals surface area contributed by atoms with E-state index in [1.54, 1.807) is 23.9 Å². The predicted molar refractivity (Wildman–Crippen MR) is 121 cm³/mol. The second-order valence-corrected chi connectivity index (χ2v) is 8.55. The summed E-state index contributed by atoms with van der Waals surface area (Å²) in [5, 5.41) is 11.1. The fourth-order valence-electron chi connectivity index (χ4n) is 3.76. The van der Waals surface area contributed by atoms with Crippen LogP contribution in [0.5, 0.6) is 0 Å². The van der Waals surface area contributed by atoms with E-state index < -0.39 is 4.87 Å². The molecule has 0 aromatic heterocycles. The number of para-hydroxylation sites is 1. The zero-order chi connectivity index (χ0) is 20.9. The molecule has 3 aromatic rings. The molecular weight excluding hydrogens is 396 g/mol. The Hall–Kier alpha value is -3.45. The molecule has 0 saturated carbocycles. The van der Waals surface area contributed by atoms with Gasteiger partial charge in [-0.2, -0.15) is 0 Å². The molecule has 2 aliphatic heterocycles. The molecule has 0 bridgehead atoms. The lowest BCUT2D eigenvalue weighted by Gasteiger charge is -2.38. The van der Waals surface area contributed by atoms with Crippen molar-refractivity contribution in [1.29, 1.82) is 0 Å². The van der Waals surface area contributed by atoms with E-state index in [0.29, 0.717) is 5.84 Å². The van der Waals surface area contributed by atoms with Crippen molar-refractivity contribution in [3.05, 3.63) is 99.6 Å². The van der Waals surface area contributed by atoms with Crippen molar-refractivity contribution in [3.8, 4) is 0 Å². The standard InChI is InChI=1S/C23H18N4O2S/c1-15-7-9-16(10-8-15)21-24-22-23(25-21,17-11-13-18(14-12-17)27(28)29)30-20-6-4-3-5-19(20)26(22)2/h3-14H,1-2H3. The maximum atomic E-state index is 11.1. The average Bonchev–Trinajstić information content (AvgIpc) is 3.15. The first kappa shape index (κ1) is 18.6. The van der Waals surface area contributed by atoms with Gasteiger partial charge in [-0.25, -0.2) is 9.98 Å². The first-order chi connectivity index (χ1) is 14.5. The van der Waals surface area contributed by atoms with Crippen molar-refractivity contribution >= 4 is 34.8 Å². The summed E-state index contributed by atoms with van der Waals surface area (Å²) in [6, 6.07) is 22.9. The minimum atomic E-state index is -0.793. The Morgan fingerprint density at radius 3 is 2.40 bits per heavy atom. The maximum Gasteiger partial charge on any atom is 0.269 e. The molecule has 7 heteroatoms. The highest BCUT2D eigenvalue weighted by Gasteiger charge is 2.49. The van der Waals surface area contributed by atoms with Crippen LogP contribution in [-0.4, -0.2) is 23.6 Å². The minimum Gasteiger partial charge on any atom is -0.329 e. The van der Waals surface area contributed by atoms with Crippen LogP contribution in [0.3, 0.4) is 0 Å². The van der Waals surface area contributed by atoms with Gasteiger partial charge in [0, 0.05) is 29.6 Å². The molecule has 1 unspecified atom stereocenters. The lowest BCUT2D eigenvalue weighted by atomic mass is 10.0. The van der Waals surface area contributed by atoms with Gasteiger partial charge >= 0.3 is 0 Å². The average molecular weight is 414 g/mol.